The highest BCUT2D eigenvalue weighted by molar-refractivity contribution is 5.72. The molecule has 0 aliphatic rings. The van der Waals surface area contributed by atoms with E-state index in [1.807, 2.05) is 0 Å². The molecule has 0 heterocycles. The monoisotopic (exact) mass is 196 g/mol. The predicted molar refractivity (Wildman–Crippen MR) is 51.5 cm³/mol. The van der Waals surface area contributed by atoms with Crippen LogP contribution in [0.1, 0.15) is 18.7 Å². The molecule has 0 saturated carbocycles. The molecule has 0 bridgehead atoms. The number of benzene rings is 1. The predicted octanol–water partition coefficient (Wildman–Crippen LogP) is 2.51. The topological polar surface area (TPSA) is 26.3 Å². The van der Waals surface area contributed by atoms with Crippen LogP contribution in [0.4, 0.5) is 4.39 Å². The third-order valence-corrected chi connectivity index (χ3v) is 2.13. The summed E-state index contributed by atoms with van der Waals surface area (Å²) in [6.07, 6.45) is -1.30. The Bertz CT molecular complexity index is 297. The Hall–Kier alpha value is -1.38. The fourth-order valence-corrected chi connectivity index (χ4v) is 1.23. The lowest BCUT2D eigenvalue weighted by Crippen LogP contribution is -2.18. The van der Waals surface area contributed by atoms with Gasteiger partial charge in [0.25, 0.3) is 0 Å². The first-order valence-corrected chi connectivity index (χ1v) is 4.43. The smallest absolute Gasteiger partial charge is 0.311 e. The van der Waals surface area contributed by atoms with E-state index >= 15 is 0 Å². The number of carbonyl (C=O) groups is 1. The minimum atomic E-state index is -1.30. The van der Waals surface area contributed by atoms with Crippen LogP contribution in [0.3, 0.4) is 0 Å². The van der Waals surface area contributed by atoms with Crippen LogP contribution in [0.2, 0.25) is 0 Å². The van der Waals surface area contributed by atoms with E-state index in [1.54, 1.807) is 30.3 Å². The summed E-state index contributed by atoms with van der Waals surface area (Å²) in [5, 5.41) is 0. The summed E-state index contributed by atoms with van der Waals surface area (Å²) in [4.78, 5) is 11.1. The highest BCUT2D eigenvalue weighted by atomic mass is 19.1. The molecular weight excluding hydrogens is 183 g/mol. The van der Waals surface area contributed by atoms with Gasteiger partial charge in [0, 0.05) is 0 Å². The number of methoxy groups -OCH3 is 1. The summed E-state index contributed by atoms with van der Waals surface area (Å²) >= 11 is 0. The zero-order valence-electron chi connectivity index (χ0n) is 8.24. The van der Waals surface area contributed by atoms with Crippen molar-refractivity contribution < 1.29 is 13.9 Å². The number of hydrogen-bond donors (Lipinski definition) is 0. The summed E-state index contributed by atoms with van der Waals surface area (Å²) in [6, 6.07) is 8.60. The van der Waals surface area contributed by atoms with Crippen molar-refractivity contribution in [3.63, 3.8) is 0 Å². The van der Waals surface area contributed by atoms with Crippen molar-refractivity contribution in [2.75, 3.05) is 7.11 Å². The van der Waals surface area contributed by atoms with E-state index in [0.717, 1.165) is 0 Å². The van der Waals surface area contributed by atoms with E-state index in [1.165, 1.54) is 14.0 Å². The Morgan fingerprint density at radius 2 is 1.93 bits per heavy atom. The maximum atomic E-state index is 13.7. The Morgan fingerprint density at radius 3 is 2.43 bits per heavy atom. The molecule has 1 rings (SSSR count). The molecule has 1 aromatic carbocycles. The lowest BCUT2D eigenvalue weighted by molar-refractivity contribution is -0.147. The van der Waals surface area contributed by atoms with Gasteiger partial charge in [-0.15, -0.1) is 0 Å². The lowest BCUT2D eigenvalue weighted by Gasteiger charge is -2.14. The number of ether oxygens (including phenoxy) is 1. The quantitative estimate of drug-likeness (QED) is 0.694. The third-order valence-electron chi connectivity index (χ3n) is 2.13. The zero-order chi connectivity index (χ0) is 10.6. The molecule has 0 radical (unpaired) electrons. The minimum absolute atomic E-state index is 0.505. The van der Waals surface area contributed by atoms with Gasteiger partial charge >= 0.3 is 5.97 Å². The summed E-state index contributed by atoms with van der Waals surface area (Å²) in [6.45, 7) is 1.52. The van der Waals surface area contributed by atoms with Gasteiger partial charge in [-0.25, -0.2) is 4.39 Å². The molecular formula is C11H13FO2. The number of esters is 1. The van der Waals surface area contributed by atoms with Crippen molar-refractivity contribution in [1.29, 1.82) is 0 Å². The van der Waals surface area contributed by atoms with E-state index in [-0.39, 0.29) is 0 Å². The molecule has 3 heteroatoms. The minimum Gasteiger partial charge on any atom is -0.469 e. The average Bonchev–Trinajstić information content (AvgIpc) is 2.27. The van der Waals surface area contributed by atoms with Crippen LogP contribution in [0, 0.1) is 5.92 Å². The van der Waals surface area contributed by atoms with Crippen LogP contribution in [0.5, 0.6) is 0 Å². The normalized spacial score (nSPS) is 14.5. The van der Waals surface area contributed by atoms with E-state index in [9.17, 15) is 9.18 Å². The molecule has 14 heavy (non-hydrogen) atoms. The molecule has 2 atom stereocenters. The first kappa shape index (κ1) is 10.7. The molecule has 0 amide bonds. The lowest BCUT2D eigenvalue weighted by atomic mass is 9.99. The SMILES string of the molecule is COC(=O)C(C)C(F)c1ccccc1. The standard InChI is InChI=1S/C11H13FO2/c1-8(11(13)14-2)10(12)9-6-4-3-5-7-9/h3-8,10H,1-2H3. The van der Waals surface area contributed by atoms with Gasteiger partial charge in [-0.2, -0.15) is 0 Å². The third kappa shape index (κ3) is 2.31. The highest BCUT2D eigenvalue weighted by Crippen LogP contribution is 2.26. The van der Waals surface area contributed by atoms with E-state index < -0.39 is 18.1 Å². The van der Waals surface area contributed by atoms with E-state index in [4.69, 9.17) is 0 Å². The summed E-state index contributed by atoms with van der Waals surface area (Å²) in [5.41, 5.74) is 0.505. The van der Waals surface area contributed by atoms with Crippen molar-refractivity contribution in [2.45, 2.75) is 13.1 Å². The van der Waals surface area contributed by atoms with Gasteiger partial charge in [0.05, 0.1) is 13.0 Å². The van der Waals surface area contributed by atoms with Gasteiger partial charge in [0.1, 0.15) is 6.17 Å². The second-order valence-electron chi connectivity index (χ2n) is 3.12. The molecule has 0 N–H and O–H groups in total. The van der Waals surface area contributed by atoms with Crippen molar-refractivity contribution >= 4 is 5.97 Å². The van der Waals surface area contributed by atoms with Crippen LogP contribution in [-0.2, 0) is 9.53 Å². The van der Waals surface area contributed by atoms with Crippen LogP contribution < -0.4 is 0 Å². The van der Waals surface area contributed by atoms with Gasteiger partial charge in [0.15, 0.2) is 0 Å². The average molecular weight is 196 g/mol. The molecule has 2 nitrogen and oxygen atoms in total. The summed E-state index contributed by atoms with van der Waals surface area (Å²) in [7, 11) is 1.26. The zero-order valence-corrected chi connectivity index (χ0v) is 8.24. The van der Waals surface area contributed by atoms with Crippen molar-refractivity contribution in [3.05, 3.63) is 35.9 Å². The van der Waals surface area contributed by atoms with Crippen LogP contribution in [0.25, 0.3) is 0 Å². The molecule has 0 spiro atoms. The van der Waals surface area contributed by atoms with Crippen molar-refractivity contribution in [1.82, 2.24) is 0 Å². The largest absolute Gasteiger partial charge is 0.469 e. The summed E-state index contributed by atoms with van der Waals surface area (Å²) < 4.78 is 18.1. The molecule has 2 unspecified atom stereocenters. The number of halogens is 1. The first-order chi connectivity index (χ1) is 6.66. The van der Waals surface area contributed by atoms with Crippen LogP contribution in [-0.4, -0.2) is 13.1 Å². The second-order valence-corrected chi connectivity index (χ2v) is 3.12. The van der Waals surface area contributed by atoms with Gasteiger partial charge in [-0.3, -0.25) is 4.79 Å². The molecule has 0 aliphatic carbocycles. The molecule has 76 valence electrons. The van der Waals surface area contributed by atoms with Crippen LogP contribution in [0.15, 0.2) is 30.3 Å². The maximum Gasteiger partial charge on any atom is 0.311 e. The Kier molecular flexibility index (Phi) is 3.63. The van der Waals surface area contributed by atoms with E-state index in [2.05, 4.69) is 4.74 Å². The molecule has 1 aromatic rings. The molecule has 0 aromatic heterocycles. The number of alkyl halides is 1. The molecule has 0 saturated heterocycles. The highest BCUT2D eigenvalue weighted by Gasteiger charge is 2.25. The van der Waals surface area contributed by atoms with Gasteiger partial charge in [0.2, 0.25) is 0 Å². The Balaban J connectivity index is 2.75. The van der Waals surface area contributed by atoms with Crippen molar-refractivity contribution in [3.8, 4) is 0 Å². The maximum absolute atomic E-state index is 13.7. The fraction of sp³-hybridized carbons (Fsp3) is 0.364. The van der Waals surface area contributed by atoms with E-state index in [0.29, 0.717) is 5.56 Å². The van der Waals surface area contributed by atoms with Gasteiger partial charge < -0.3 is 4.74 Å². The Morgan fingerprint density at radius 1 is 1.36 bits per heavy atom. The number of hydrogen-bond acceptors (Lipinski definition) is 2. The van der Waals surface area contributed by atoms with Crippen molar-refractivity contribution in [2.24, 2.45) is 5.92 Å². The number of carbonyl (C=O) groups excluding carboxylic acids is 1. The second kappa shape index (κ2) is 4.74. The van der Waals surface area contributed by atoms with Crippen LogP contribution >= 0.6 is 0 Å². The first-order valence-electron chi connectivity index (χ1n) is 4.43. The molecule has 0 aliphatic heterocycles. The number of rotatable bonds is 3. The van der Waals surface area contributed by atoms with Gasteiger partial charge in [-0.05, 0) is 12.5 Å². The molecule has 0 fully saturated rings. The fourth-order valence-electron chi connectivity index (χ4n) is 1.23. The van der Waals surface area contributed by atoms with Gasteiger partial charge in [-0.1, -0.05) is 30.3 Å². The summed E-state index contributed by atoms with van der Waals surface area (Å²) in [5.74, 6) is -1.29. The Labute approximate surface area is 82.7 Å².